The largest absolute Gasteiger partial charge is 0.357 e. The number of rotatable bonds is 5. The third-order valence-electron chi connectivity index (χ3n) is 4.53. The van der Waals surface area contributed by atoms with Gasteiger partial charge in [0.05, 0.1) is 30.4 Å². The second-order valence-corrected chi connectivity index (χ2v) is 7.80. The molecule has 0 bridgehead atoms. The first-order valence-corrected chi connectivity index (χ1v) is 10.1. The van der Waals surface area contributed by atoms with Crippen molar-refractivity contribution >= 4 is 41.3 Å². The molecule has 1 heterocycles. The van der Waals surface area contributed by atoms with Crippen molar-refractivity contribution in [3.8, 4) is 6.07 Å². The van der Waals surface area contributed by atoms with E-state index in [0.717, 1.165) is 24.4 Å². The maximum atomic E-state index is 14.0. The van der Waals surface area contributed by atoms with E-state index in [2.05, 4.69) is 10.3 Å². The predicted octanol–water partition coefficient (Wildman–Crippen LogP) is 4.25. The van der Waals surface area contributed by atoms with Crippen molar-refractivity contribution in [2.75, 3.05) is 13.6 Å². The summed E-state index contributed by atoms with van der Waals surface area (Å²) in [5.41, 5.74) is 2.11. The zero-order valence-electron chi connectivity index (χ0n) is 16.2. The molecule has 0 spiro atoms. The van der Waals surface area contributed by atoms with E-state index < -0.39 is 0 Å². The van der Waals surface area contributed by atoms with Crippen molar-refractivity contribution in [2.45, 2.75) is 45.7 Å². The highest BCUT2D eigenvalue weighted by Gasteiger charge is 2.17. The van der Waals surface area contributed by atoms with Crippen LogP contribution in [0.25, 0.3) is 0 Å². The quantitative estimate of drug-likeness (QED) is 0.369. The van der Waals surface area contributed by atoms with E-state index in [9.17, 15) is 4.39 Å². The fourth-order valence-corrected chi connectivity index (χ4v) is 4.36. The Balaban J connectivity index is 0.00000280. The number of hydrogen-bond donors (Lipinski definition) is 1. The highest BCUT2D eigenvalue weighted by molar-refractivity contribution is 14.0. The van der Waals surface area contributed by atoms with E-state index in [-0.39, 0.29) is 36.3 Å². The molecule has 0 fully saturated rings. The Morgan fingerprint density at radius 1 is 1.39 bits per heavy atom. The molecule has 3 rings (SSSR count). The average Bonchev–Trinajstić information content (AvgIpc) is 3.08. The number of thiazole rings is 1. The second kappa shape index (κ2) is 10.7. The summed E-state index contributed by atoms with van der Waals surface area (Å²) in [6, 6.07) is 6.39. The van der Waals surface area contributed by atoms with E-state index in [0.29, 0.717) is 23.6 Å². The van der Waals surface area contributed by atoms with E-state index in [1.807, 2.05) is 24.9 Å². The summed E-state index contributed by atoms with van der Waals surface area (Å²) in [5, 5.41) is 13.3. The zero-order valence-corrected chi connectivity index (χ0v) is 19.3. The van der Waals surface area contributed by atoms with Crippen LogP contribution in [0.1, 0.15) is 46.5 Å². The Morgan fingerprint density at radius 3 is 2.89 bits per heavy atom. The minimum atomic E-state index is -0.344. The lowest BCUT2D eigenvalue weighted by molar-refractivity contribution is 0.474. The normalized spacial score (nSPS) is 13.3. The standard InChI is InChI=1S/C20H24FN5S.HI/c1-3-23-20(24-12-15-10-14(11-22)8-9-16(15)21)26(2)13-19-25-17-6-4-5-7-18(17)27-19;/h8-10H,3-7,12-13H2,1-2H3,(H,23,24);1H. The number of benzene rings is 1. The smallest absolute Gasteiger partial charge is 0.194 e. The Hall–Kier alpha value is -1.73. The lowest BCUT2D eigenvalue weighted by atomic mass is 10.0. The summed E-state index contributed by atoms with van der Waals surface area (Å²) in [6.07, 6.45) is 4.70. The Morgan fingerprint density at radius 2 is 2.18 bits per heavy atom. The summed E-state index contributed by atoms with van der Waals surface area (Å²) in [7, 11) is 1.96. The van der Waals surface area contributed by atoms with Crippen LogP contribution < -0.4 is 5.32 Å². The van der Waals surface area contributed by atoms with Crippen LogP contribution in [0.5, 0.6) is 0 Å². The van der Waals surface area contributed by atoms with Gasteiger partial charge >= 0.3 is 0 Å². The number of nitriles is 1. The van der Waals surface area contributed by atoms with Crippen molar-refractivity contribution in [1.82, 2.24) is 15.2 Å². The van der Waals surface area contributed by atoms with Gasteiger partial charge in [-0.25, -0.2) is 14.4 Å². The van der Waals surface area contributed by atoms with Crippen LogP contribution in [0.2, 0.25) is 0 Å². The summed E-state index contributed by atoms with van der Waals surface area (Å²) < 4.78 is 14.0. The van der Waals surface area contributed by atoms with Gasteiger partial charge in [0.25, 0.3) is 0 Å². The molecule has 1 aliphatic rings. The predicted molar refractivity (Wildman–Crippen MR) is 122 cm³/mol. The molecule has 1 aromatic heterocycles. The number of aryl methyl sites for hydroxylation is 2. The molecule has 8 heteroatoms. The molecule has 0 radical (unpaired) electrons. The lowest BCUT2D eigenvalue weighted by Crippen LogP contribution is -2.38. The van der Waals surface area contributed by atoms with Gasteiger partial charge in [-0.2, -0.15) is 5.26 Å². The molecule has 1 N–H and O–H groups in total. The molecule has 0 saturated heterocycles. The zero-order chi connectivity index (χ0) is 19.2. The topological polar surface area (TPSA) is 64.3 Å². The molecule has 0 aliphatic heterocycles. The molecule has 0 unspecified atom stereocenters. The summed E-state index contributed by atoms with van der Waals surface area (Å²) in [5.74, 6) is 0.358. The number of aliphatic imine (C=N–C) groups is 1. The number of hydrogen-bond acceptors (Lipinski definition) is 4. The highest BCUT2D eigenvalue weighted by Crippen LogP contribution is 2.27. The van der Waals surface area contributed by atoms with Gasteiger partial charge in [-0.1, -0.05) is 0 Å². The minimum Gasteiger partial charge on any atom is -0.357 e. The van der Waals surface area contributed by atoms with Crippen LogP contribution in [0.3, 0.4) is 0 Å². The van der Waals surface area contributed by atoms with Gasteiger partial charge in [0.2, 0.25) is 0 Å². The van der Waals surface area contributed by atoms with Gasteiger partial charge in [0.1, 0.15) is 10.8 Å². The number of nitrogens with zero attached hydrogens (tertiary/aromatic N) is 4. The maximum absolute atomic E-state index is 14.0. The van der Waals surface area contributed by atoms with Gasteiger partial charge in [-0.3, -0.25) is 0 Å². The van der Waals surface area contributed by atoms with Crippen LogP contribution in [-0.2, 0) is 25.9 Å². The molecule has 0 saturated carbocycles. The van der Waals surface area contributed by atoms with E-state index in [4.69, 9.17) is 10.2 Å². The highest BCUT2D eigenvalue weighted by atomic mass is 127. The summed E-state index contributed by atoms with van der Waals surface area (Å²) in [6.45, 7) is 3.58. The molecule has 1 aliphatic carbocycles. The number of nitrogens with one attached hydrogen (secondary N) is 1. The first-order chi connectivity index (χ1) is 13.1. The summed E-state index contributed by atoms with van der Waals surface area (Å²) in [4.78, 5) is 12.8. The minimum absolute atomic E-state index is 0. The van der Waals surface area contributed by atoms with Gasteiger partial charge in [-0.05, 0) is 50.8 Å². The molecule has 0 amide bonds. The van der Waals surface area contributed by atoms with Crippen molar-refractivity contribution in [3.63, 3.8) is 0 Å². The Kier molecular flexibility index (Phi) is 8.63. The molecule has 1 aromatic carbocycles. The Labute approximate surface area is 186 Å². The van der Waals surface area contributed by atoms with Crippen molar-refractivity contribution < 1.29 is 4.39 Å². The Bertz CT molecular complexity index is 850. The van der Waals surface area contributed by atoms with Crippen molar-refractivity contribution in [2.24, 2.45) is 4.99 Å². The summed E-state index contributed by atoms with van der Waals surface area (Å²) >= 11 is 1.79. The number of fused-ring (bicyclic) bond motifs is 1. The van der Waals surface area contributed by atoms with E-state index in [1.54, 1.807) is 17.4 Å². The second-order valence-electron chi connectivity index (χ2n) is 6.63. The van der Waals surface area contributed by atoms with Gasteiger partial charge in [0, 0.05) is 24.0 Å². The van der Waals surface area contributed by atoms with E-state index in [1.165, 1.54) is 35.5 Å². The fourth-order valence-electron chi connectivity index (χ4n) is 3.15. The molecule has 150 valence electrons. The number of aromatic nitrogens is 1. The SMILES string of the molecule is CCNC(=NCc1cc(C#N)ccc1F)N(C)Cc1nc2c(s1)CCCC2.I. The van der Waals surface area contributed by atoms with Gasteiger partial charge < -0.3 is 10.2 Å². The first kappa shape index (κ1) is 22.6. The number of guanidine groups is 1. The fraction of sp³-hybridized carbons (Fsp3) is 0.450. The van der Waals surface area contributed by atoms with Crippen molar-refractivity contribution in [1.29, 1.82) is 5.26 Å². The first-order valence-electron chi connectivity index (χ1n) is 9.26. The molecular formula is C20H25FIN5S. The van der Waals surface area contributed by atoms with Crippen LogP contribution in [0.4, 0.5) is 4.39 Å². The maximum Gasteiger partial charge on any atom is 0.194 e. The third kappa shape index (κ3) is 5.64. The van der Waals surface area contributed by atoms with Crippen LogP contribution in [0.15, 0.2) is 23.2 Å². The third-order valence-corrected chi connectivity index (χ3v) is 5.67. The van der Waals surface area contributed by atoms with Gasteiger partial charge in [-0.15, -0.1) is 35.3 Å². The lowest BCUT2D eigenvalue weighted by Gasteiger charge is -2.21. The molecule has 28 heavy (non-hydrogen) atoms. The van der Waals surface area contributed by atoms with Crippen LogP contribution in [-0.4, -0.2) is 29.4 Å². The molecule has 2 aromatic rings. The average molecular weight is 513 g/mol. The monoisotopic (exact) mass is 513 g/mol. The van der Waals surface area contributed by atoms with Crippen LogP contribution >= 0.6 is 35.3 Å². The molecular weight excluding hydrogens is 488 g/mol. The van der Waals surface area contributed by atoms with Gasteiger partial charge in [0.15, 0.2) is 5.96 Å². The molecule has 0 atom stereocenters. The van der Waals surface area contributed by atoms with E-state index >= 15 is 0 Å². The van der Waals surface area contributed by atoms with Crippen LogP contribution in [0, 0.1) is 17.1 Å². The van der Waals surface area contributed by atoms with Crippen molar-refractivity contribution in [3.05, 3.63) is 50.7 Å². The molecule has 5 nitrogen and oxygen atoms in total. The number of halogens is 2.